The molecule has 1 N–H and O–H groups in total. The van der Waals surface area contributed by atoms with Gasteiger partial charge in [0.05, 0.1) is 12.2 Å². The molecule has 0 saturated heterocycles. The highest BCUT2D eigenvalue weighted by atomic mass is 19.1. The standard InChI is InChI=1S/C14H12FNO3/c15-13-9-11(1-2-12(13)14(17)18)19-8-5-10-3-6-16-7-4-10/h1-4,6-7,9H,5,8H2,(H,17,18). The number of pyridine rings is 1. The molecule has 0 fully saturated rings. The molecule has 0 atom stereocenters. The van der Waals surface area contributed by atoms with E-state index >= 15 is 0 Å². The highest BCUT2D eigenvalue weighted by molar-refractivity contribution is 5.88. The van der Waals surface area contributed by atoms with Gasteiger partial charge in [-0.1, -0.05) is 0 Å². The van der Waals surface area contributed by atoms with Crippen LogP contribution in [0.25, 0.3) is 0 Å². The van der Waals surface area contributed by atoms with Gasteiger partial charge in [0.15, 0.2) is 0 Å². The molecule has 2 rings (SSSR count). The minimum atomic E-state index is -1.29. The Morgan fingerprint density at radius 3 is 2.63 bits per heavy atom. The van der Waals surface area contributed by atoms with Gasteiger partial charge in [0.2, 0.25) is 0 Å². The first-order chi connectivity index (χ1) is 9.16. The van der Waals surface area contributed by atoms with Crippen molar-refractivity contribution in [1.29, 1.82) is 0 Å². The van der Waals surface area contributed by atoms with Gasteiger partial charge in [-0.2, -0.15) is 0 Å². The molecule has 98 valence electrons. The average Bonchev–Trinajstić information content (AvgIpc) is 2.39. The monoisotopic (exact) mass is 261 g/mol. The Balaban J connectivity index is 1.93. The van der Waals surface area contributed by atoms with E-state index in [1.54, 1.807) is 12.4 Å². The van der Waals surface area contributed by atoms with Crippen molar-refractivity contribution in [2.75, 3.05) is 6.61 Å². The fraction of sp³-hybridized carbons (Fsp3) is 0.143. The van der Waals surface area contributed by atoms with Crippen LogP contribution in [0.2, 0.25) is 0 Å². The van der Waals surface area contributed by atoms with Crippen molar-refractivity contribution in [3.8, 4) is 5.75 Å². The van der Waals surface area contributed by atoms with Crippen molar-refractivity contribution in [2.45, 2.75) is 6.42 Å². The molecule has 0 radical (unpaired) electrons. The number of aromatic nitrogens is 1. The van der Waals surface area contributed by atoms with Crippen molar-refractivity contribution >= 4 is 5.97 Å². The second-order valence-corrected chi connectivity index (χ2v) is 3.90. The number of hydrogen-bond acceptors (Lipinski definition) is 3. The van der Waals surface area contributed by atoms with Gasteiger partial charge in [-0.3, -0.25) is 4.98 Å². The Bertz CT molecular complexity index is 572. The lowest BCUT2D eigenvalue weighted by atomic mass is 10.2. The molecule has 1 heterocycles. The summed E-state index contributed by atoms with van der Waals surface area (Å²) in [4.78, 5) is 14.5. The molecule has 5 heteroatoms. The summed E-state index contributed by atoms with van der Waals surface area (Å²) in [6.07, 6.45) is 4.05. The van der Waals surface area contributed by atoms with Crippen molar-refractivity contribution in [3.05, 3.63) is 59.7 Å². The smallest absolute Gasteiger partial charge is 0.338 e. The predicted molar refractivity (Wildman–Crippen MR) is 66.8 cm³/mol. The molecule has 0 aliphatic rings. The molecule has 2 aromatic rings. The Morgan fingerprint density at radius 1 is 1.26 bits per heavy atom. The minimum absolute atomic E-state index is 0.316. The van der Waals surface area contributed by atoms with Gasteiger partial charge in [-0.05, 0) is 29.8 Å². The summed E-state index contributed by atoms with van der Waals surface area (Å²) < 4.78 is 18.8. The number of ether oxygens (including phenoxy) is 1. The normalized spacial score (nSPS) is 10.2. The van der Waals surface area contributed by atoms with Crippen LogP contribution in [-0.2, 0) is 6.42 Å². The van der Waals surface area contributed by atoms with Crippen LogP contribution in [0, 0.1) is 5.82 Å². The fourth-order valence-corrected chi connectivity index (χ4v) is 1.60. The molecule has 0 bridgehead atoms. The lowest BCUT2D eigenvalue weighted by Crippen LogP contribution is -2.04. The van der Waals surface area contributed by atoms with Gasteiger partial charge >= 0.3 is 5.97 Å². The van der Waals surface area contributed by atoms with Crippen molar-refractivity contribution < 1.29 is 19.0 Å². The van der Waals surface area contributed by atoms with E-state index < -0.39 is 11.8 Å². The van der Waals surface area contributed by atoms with Crippen LogP contribution >= 0.6 is 0 Å². The predicted octanol–water partition coefficient (Wildman–Crippen LogP) is 2.54. The van der Waals surface area contributed by atoms with Crippen LogP contribution in [0.4, 0.5) is 4.39 Å². The lowest BCUT2D eigenvalue weighted by Gasteiger charge is -2.07. The van der Waals surface area contributed by atoms with Gasteiger partial charge < -0.3 is 9.84 Å². The third kappa shape index (κ3) is 3.51. The summed E-state index contributed by atoms with van der Waals surface area (Å²) in [5, 5.41) is 8.69. The van der Waals surface area contributed by atoms with E-state index in [0.29, 0.717) is 18.8 Å². The van der Waals surface area contributed by atoms with Gasteiger partial charge in [0, 0.05) is 24.9 Å². The quantitative estimate of drug-likeness (QED) is 0.898. The minimum Gasteiger partial charge on any atom is -0.493 e. The van der Waals surface area contributed by atoms with Crippen LogP contribution in [0.3, 0.4) is 0 Å². The number of hydrogen-bond donors (Lipinski definition) is 1. The Morgan fingerprint density at radius 2 is 2.00 bits per heavy atom. The third-order valence-electron chi connectivity index (χ3n) is 2.58. The molecule has 19 heavy (non-hydrogen) atoms. The molecule has 0 unspecified atom stereocenters. The number of nitrogens with zero attached hydrogens (tertiary/aromatic N) is 1. The Labute approximate surface area is 109 Å². The van der Waals surface area contributed by atoms with E-state index in [9.17, 15) is 9.18 Å². The van der Waals surface area contributed by atoms with Gasteiger partial charge in [-0.15, -0.1) is 0 Å². The Hall–Kier alpha value is -2.43. The largest absolute Gasteiger partial charge is 0.493 e. The third-order valence-corrected chi connectivity index (χ3v) is 2.58. The van der Waals surface area contributed by atoms with E-state index in [2.05, 4.69) is 4.98 Å². The van der Waals surface area contributed by atoms with E-state index in [4.69, 9.17) is 9.84 Å². The zero-order valence-electron chi connectivity index (χ0n) is 10.0. The Kier molecular flexibility index (Phi) is 4.07. The summed E-state index contributed by atoms with van der Waals surface area (Å²) in [7, 11) is 0. The van der Waals surface area contributed by atoms with Gasteiger partial charge in [0.1, 0.15) is 11.6 Å². The van der Waals surface area contributed by atoms with Crippen molar-refractivity contribution in [1.82, 2.24) is 4.98 Å². The molecule has 1 aromatic carbocycles. The molecule has 1 aromatic heterocycles. The van der Waals surface area contributed by atoms with Crippen LogP contribution in [0.1, 0.15) is 15.9 Å². The first-order valence-corrected chi connectivity index (χ1v) is 5.71. The number of rotatable bonds is 5. The SMILES string of the molecule is O=C(O)c1ccc(OCCc2ccncc2)cc1F. The summed E-state index contributed by atoms with van der Waals surface area (Å²) >= 11 is 0. The number of aromatic carboxylic acids is 1. The second-order valence-electron chi connectivity index (χ2n) is 3.90. The van der Waals surface area contributed by atoms with E-state index in [1.807, 2.05) is 12.1 Å². The molecule has 0 aliphatic heterocycles. The highest BCUT2D eigenvalue weighted by Gasteiger charge is 2.10. The molecular formula is C14H12FNO3. The summed E-state index contributed by atoms with van der Waals surface area (Å²) in [5.41, 5.74) is 0.708. The molecule has 0 aliphatic carbocycles. The maximum atomic E-state index is 13.4. The maximum Gasteiger partial charge on any atom is 0.338 e. The van der Waals surface area contributed by atoms with Crippen LogP contribution < -0.4 is 4.74 Å². The van der Waals surface area contributed by atoms with E-state index in [0.717, 1.165) is 11.6 Å². The van der Waals surface area contributed by atoms with Crippen molar-refractivity contribution in [2.24, 2.45) is 0 Å². The van der Waals surface area contributed by atoms with Crippen LogP contribution in [-0.4, -0.2) is 22.7 Å². The zero-order chi connectivity index (χ0) is 13.7. The first kappa shape index (κ1) is 13.0. The summed E-state index contributed by atoms with van der Waals surface area (Å²) in [6, 6.07) is 7.46. The van der Waals surface area contributed by atoms with Gasteiger partial charge in [0.25, 0.3) is 0 Å². The number of halogens is 1. The summed E-state index contributed by atoms with van der Waals surface area (Å²) in [6.45, 7) is 0.385. The molecule has 0 spiro atoms. The second kappa shape index (κ2) is 5.95. The number of carboxylic acid groups (broad SMARTS) is 1. The molecular weight excluding hydrogens is 249 g/mol. The fourth-order valence-electron chi connectivity index (χ4n) is 1.60. The number of carbonyl (C=O) groups is 1. The van der Waals surface area contributed by atoms with Crippen LogP contribution in [0.5, 0.6) is 5.75 Å². The first-order valence-electron chi connectivity index (χ1n) is 5.71. The summed E-state index contributed by atoms with van der Waals surface area (Å²) in [5.74, 6) is -1.77. The highest BCUT2D eigenvalue weighted by Crippen LogP contribution is 2.17. The lowest BCUT2D eigenvalue weighted by molar-refractivity contribution is 0.0692. The number of benzene rings is 1. The molecule has 4 nitrogen and oxygen atoms in total. The van der Waals surface area contributed by atoms with Gasteiger partial charge in [-0.25, -0.2) is 9.18 Å². The van der Waals surface area contributed by atoms with Crippen LogP contribution in [0.15, 0.2) is 42.7 Å². The maximum absolute atomic E-state index is 13.4. The topological polar surface area (TPSA) is 59.4 Å². The van der Waals surface area contributed by atoms with E-state index in [1.165, 1.54) is 12.1 Å². The zero-order valence-corrected chi connectivity index (χ0v) is 10.0. The molecule has 0 amide bonds. The number of carboxylic acids is 1. The van der Waals surface area contributed by atoms with E-state index in [-0.39, 0.29) is 5.56 Å². The van der Waals surface area contributed by atoms with Crippen molar-refractivity contribution in [3.63, 3.8) is 0 Å². The molecule has 0 saturated carbocycles. The average molecular weight is 261 g/mol.